The van der Waals surface area contributed by atoms with Crippen LogP contribution in [0.1, 0.15) is 50.9 Å². The van der Waals surface area contributed by atoms with E-state index in [2.05, 4.69) is 46.1 Å². The van der Waals surface area contributed by atoms with Crippen LogP contribution in [0.2, 0.25) is 0 Å². The largest absolute Gasteiger partial charge is 0.353 e. The third-order valence-corrected chi connectivity index (χ3v) is 5.56. The lowest BCUT2D eigenvalue weighted by Crippen LogP contribution is -2.37. The minimum atomic E-state index is 0.0495. The first-order chi connectivity index (χ1) is 12.0. The lowest BCUT2D eigenvalue weighted by molar-refractivity contribution is -0.119. The monoisotopic (exact) mass is 358 g/mol. The van der Waals surface area contributed by atoms with Gasteiger partial charge in [-0.3, -0.25) is 4.79 Å². The minimum Gasteiger partial charge on any atom is -0.353 e. The molecule has 1 aromatic heterocycles. The minimum absolute atomic E-state index is 0.0495. The Kier molecular flexibility index (Phi) is 5.78. The number of nitrogens with zero attached hydrogens (tertiary/aromatic N) is 3. The Bertz CT molecular complexity index is 709. The summed E-state index contributed by atoms with van der Waals surface area (Å²) in [6, 6.07) is 10.5. The molecule has 2 aromatic rings. The smallest absolute Gasteiger partial charge is 0.230 e. The van der Waals surface area contributed by atoms with E-state index in [0.717, 1.165) is 17.5 Å². The zero-order chi connectivity index (χ0) is 17.8. The zero-order valence-electron chi connectivity index (χ0n) is 15.1. The van der Waals surface area contributed by atoms with Gasteiger partial charge in [-0.2, -0.15) is 0 Å². The highest BCUT2D eigenvalue weighted by Gasteiger charge is 2.30. The summed E-state index contributed by atoms with van der Waals surface area (Å²) in [5.74, 6) is 2.43. The predicted octanol–water partition coefficient (Wildman–Crippen LogP) is 3.46. The molecule has 1 fully saturated rings. The van der Waals surface area contributed by atoms with Crippen LogP contribution in [0.3, 0.4) is 0 Å². The van der Waals surface area contributed by atoms with Gasteiger partial charge in [-0.15, -0.1) is 10.2 Å². The third-order valence-electron chi connectivity index (χ3n) is 4.59. The fourth-order valence-electron chi connectivity index (χ4n) is 2.56. The molecule has 3 rings (SSSR count). The Labute approximate surface area is 153 Å². The molecule has 1 saturated carbocycles. The van der Waals surface area contributed by atoms with Crippen molar-refractivity contribution in [2.75, 3.05) is 5.75 Å². The molecular formula is C19H26N4OS. The molecule has 25 heavy (non-hydrogen) atoms. The fourth-order valence-corrected chi connectivity index (χ4v) is 3.31. The maximum atomic E-state index is 12.2. The van der Waals surface area contributed by atoms with Crippen LogP contribution >= 0.6 is 11.8 Å². The predicted molar refractivity (Wildman–Crippen MR) is 101 cm³/mol. The number of rotatable bonds is 8. The summed E-state index contributed by atoms with van der Waals surface area (Å²) in [5.41, 5.74) is 1.23. The summed E-state index contributed by atoms with van der Waals surface area (Å²) in [6.07, 6.45) is 2.37. The Morgan fingerprint density at radius 2 is 1.96 bits per heavy atom. The van der Waals surface area contributed by atoms with Crippen LogP contribution in [0.5, 0.6) is 0 Å². The van der Waals surface area contributed by atoms with Crippen molar-refractivity contribution in [3.05, 3.63) is 41.7 Å². The summed E-state index contributed by atoms with van der Waals surface area (Å²) < 4.78 is 2.18. The highest BCUT2D eigenvalue weighted by molar-refractivity contribution is 7.99. The van der Waals surface area contributed by atoms with Crippen molar-refractivity contribution in [2.24, 2.45) is 5.92 Å². The average Bonchev–Trinajstić information content (AvgIpc) is 3.36. The van der Waals surface area contributed by atoms with Gasteiger partial charge in [0.2, 0.25) is 5.91 Å². The molecule has 0 spiro atoms. The number of thioether (sulfide) groups is 1. The molecule has 1 aromatic carbocycles. The summed E-state index contributed by atoms with van der Waals surface area (Å²) in [6.45, 7) is 7.01. The van der Waals surface area contributed by atoms with Crippen LogP contribution in [0.25, 0.3) is 0 Å². The van der Waals surface area contributed by atoms with Crippen molar-refractivity contribution in [3.8, 4) is 0 Å². The van der Waals surface area contributed by atoms with Gasteiger partial charge in [0.25, 0.3) is 0 Å². The molecule has 1 aliphatic rings. The van der Waals surface area contributed by atoms with Gasteiger partial charge in [-0.25, -0.2) is 0 Å². The summed E-state index contributed by atoms with van der Waals surface area (Å²) in [4.78, 5) is 12.2. The Morgan fingerprint density at radius 3 is 2.60 bits per heavy atom. The number of aromatic nitrogens is 3. The van der Waals surface area contributed by atoms with Crippen LogP contribution in [0.15, 0.2) is 35.5 Å². The first-order valence-electron chi connectivity index (χ1n) is 8.93. The van der Waals surface area contributed by atoms with Gasteiger partial charge in [0.1, 0.15) is 5.82 Å². The van der Waals surface area contributed by atoms with Gasteiger partial charge in [-0.1, -0.05) is 55.9 Å². The first-order valence-corrected chi connectivity index (χ1v) is 9.92. The lowest BCUT2D eigenvalue weighted by atomic mass is 10.1. The van der Waals surface area contributed by atoms with E-state index < -0.39 is 0 Å². The average molecular weight is 359 g/mol. The molecule has 0 radical (unpaired) electrons. The van der Waals surface area contributed by atoms with Crippen LogP contribution in [0.4, 0.5) is 0 Å². The van der Waals surface area contributed by atoms with Crippen molar-refractivity contribution in [1.82, 2.24) is 20.1 Å². The number of nitrogens with one attached hydrogen (secondary N) is 1. The number of benzene rings is 1. The molecule has 0 aliphatic heterocycles. The normalized spacial score (nSPS) is 15.4. The standard InChI is InChI=1S/C19H26N4OS/c1-13(2)14(3)20-17(24)12-25-19-22-21-18(16-9-10-16)23(19)11-15-7-5-4-6-8-15/h4-8,13-14,16H,9-12H2,1-3H3,(H,20,24)/t14-/m0/s1. The first kappa shape index (κ1) is 18.0. The van der Waals surface area contributed by atoms with E-state index >= 15 is 0 Å². The number of hydrogen-bond donors (Lipinski definition) is 1. The molecule has 0 bridgehead atoms. The van der Waals surface area contributed by atoms with Crippen molar-refractivity contribution >= 4 is 17.7 Å². The lowest BCUT2D eigenvalue weighted by Gasteiger charge is -2.17. The van der Waals surface area contributed by atoms with Gasteiger partial charge in [0, 0.05) is 12.0 Å². The Hall–Kier alpha value is -1.82. The van der Waals surface area contributed by atoms with Crippen molar-refractivity contribution in [1.29, 1.82) is 0 Å². The zero-order valence-corrected chi connectivity index (χ0v) is 15.9. The van der Waals surface area contributed by atoms with Gasteiger partial charge in [-0.05, 0) is 31.2 Å². The van der Waals surface area contributed by atoms with Gasteiger partial charge >= 0.3 is 0 Å². The van der Waals surface area contributed by atoms with Gasteiger partial charge in [0.05, 0.1) is 12.3 Å². The van der Waals surface area contributed by atoms with Crippen LogP contribution < -0.4 is 5.32 Å². The van der Waals surface area contributed by atoms with Gasteiger partial charge < -0.3 is 9.88 Å². The number of amides is 1. The van der Waals surface area contributed by atoms with Crippen molar-refractivity contribution in [2.45, 2.75) is 57.3 Å². The number of carbonyl (C=O) groups is 1. The molecule has 1 amide bonds. The van der Waals surface area contributed by atoms with Crippen molar-refractivity contribution in [3.63, 3.8) is 0 Å². The molecular weight excluding hydrogens is 332 g/mol. The van der Waals surface area contributed by atoms with Crippen molar-refractivity contribution < 1.29 is 4.79 Å². The van der Waals surface area contributed by atoms with E-state index in [0.29, 0.717) is 17.6 Å². The van der Waals surface area contributed by atoms with E-state index in [-0.39, 0.29) is 11.9 Å². The van der Waals surface area contributed by atoms with E-state index in [9.17, 15) is 4.79 Å². The Balaban J connectivity index is 1.68. The highest BCUT2D eigenvalue weighted by Crippen LogP contribution is 2.40. The number of carbonyl (C=O) groups excluding carboxylic acids is 1. The molecule has 6 heteroatoms. The number of hydrogen-bond acceptors (Lipinski definition) is 4. The van der Waals surface area contributed by atoms with Gasteiger partial charge in [0.15, 0.2) is 5.16 Å². The highest BCUT2D eigenvalue weighted by atomic mass is 32.2. The second kappa shape index (κ2) is 8.04. The second-order valence-corrected chi connectivity index (χ2v) is 8.02. The van der Waals surface area contributed by atoms with Crippen LogP contribution in [-0.2, 0) is 11.3 Å². The Morgan fingerprint density at radius 1 is 1.24 bits per heavy atom. The summed E-state index contributed by atoms with van der Waals surface area (Å²) >= 11 is 1.47. The summed E-state index contributed by atoms with van der Waals surface area (Å²) in [5, 5.41) is 12.6. The molecule has 1 N–H and O–H groups in total. The van der Waals surface area contributed by atoms with E-state index in [4.69, 9.17) is 0 Å². The summed E-state index contributed by atoms with van der Waals surface area (Å²) in [7, 11) is 0. The van der Waals surface area contributed by atoms with Crippen LogP contribution in [-0.4, -0.2) is 32.5 Å². The quantitative estimate of drug-likeness (QED) is 0.734. The second-order valence-electron chi connectivity index (χ2n) is 7.08. The topological polar surface area (TPSA) is 59.8 Å². The molecule has 134 valence electrons. The third kappa shape index (κ3) is 4.84. The fraction of sp³-hybridized carbons (Fsp3) is 0.526. The van der Waals surface area contributed by atoms with E-state index in [1.54, 1.807) is 0 Å². The molecule has 5 nitrogen and oxygen atoms in total. The van der Waals surface area contributed by atoms with Crippen LogP contribution in [0, 0.1) is 5.92 Å². The molecule has 1 heterocycles. The van der Waals surface area contributed by atoms with E-state index in [1.165, 1.54) is 30.2 Å². The molecule has 1 aliphatic carbocycles. The SMILES string of the molecule is CC(C)[C@H](C)NC(=O)CSc1nnc(C2CC2)n1Cc1ccccc1. The molecule has 0 unspecified atom stereocenters. The molecule has 0 saturated heterocycles. The maximum absolute atomic E-state index is 12.2. The van der Waals surface area contributed by atoms with E-state index in [1.807, 2.05) is 25.1 Å². The molecule has 1 atom stereocenters. The maximum Gasteiger partial charge on any atom is 0.230 e.